The Kier molecular flexibility index (Phi) is 6.60. The normalized spacial score (nSPS) is 22.9. The van der Waals surface area contributed by atoms with Crippen molar-refractivity contribution in [2.24, 2.45) is 0 Å². The maximum Gasteiger partial charge on any atom is 0.290 e. The second-order valence-electron chi connectivity index (χ2n) is 5.13. The van der Waals surface area contributed by atoms with Crippen molar-refractivity contribution in [1.82, 2.24) is 19.7 Å². The van der Waals surface area contributed by atoms with Crippen LogP contribution in [0.1, 0.15) is 32.0 Å². The van der Waals surface area contributed by atoms with Gasteiger partial charge >= 0.3 is 0 Å². The number of β-amino-alcohol motifs (C(OH)–C–C–N with tert-alkyl or cyclic N) is 1. The molecule has 0 spiro atoms. The van der Waals surface area contributed by atoms with Gasteiger partial charge in [0, 0.05) is 19.6 Å². The molecule has 0 amide bonds. The van der Waals surface area contributed by atoms with Crippen molar-refractivity contribution in [3.63, 3.8) is 0 Å². The van der Waals surface area contributed by atoms with Crippen LogP contribution < -0.4 is 0 Å². The van der Waals surface area contributed by atoms with Gasteiger partial charge in [-0.25, -0.2) is 0 Å². The van der Waals surface area contributed by atoms with Crippen LogP contribution in [0, 0.1) is 6.92 Å². The van der Waals surface area contributed by atoms with Crippen molar-refractivity contribution in [2.45, 2.75) is 45.3 Å². The van der Waals surface area contributed by atoms with Crippen molar-refractivity contribution >= 4 is 6.47 Å². The van der Waals surface area contributed by atoms with E-state index in [1.807, 2.05) is 6.92 Å². The van der Waals surface area contributed by atoms with E-state index in [0.29, 0.717) is 0 Å². The number of nitrogens with zero attached hydrogens (tertiary/aromatic N) is 4. The van der Waals surface area contributed by atoms with Crippen molar-refractivity contribution < 1.29 is 15.0 Å². The summed E-state index contributed by atoms with van der Waals surface area (Å²) >= 11 is 0. The lowest BCUT2D eigenvalue weighted by atomic mass is 9.90. The van der Waals surface area contributed by atoms with Crippen molar-refractivity contribution in [1.29, 1.82) is 0 Å². The molecule has 1 unspecified atom stereocenters. The van der Waals surface area contributed by atoms with Crippen LogP contribution in [0.5, 0.6) is 0 Å². The summed E-state index contributed by atoms with van der Waals surface area (Å²) in [5.41, 5.74) is -0.472. The van der Waals surface area contributed by atoms with Crippen LogP contribution in [0.4, 0.5) is 0 Å². The van der Waals surface area contributed by atoms with Gasteiger partial charge < -0.3 is 14.8 Å². The number of likely N-dealkylation sites (tertiary alicyclic amines) is 1. The molecule has 1 atom stereocenters. The number of carbonyl (C=O) groups is 1. The van der Waals surface area contributed by atoms with Gasteiger partial charge in [0.2, 0.25) is 0 Å². The molecule has 1 fully saturated rings. The summed E-state index contributed by atoms with van der Waals surface area (Å²) < 4.78 is 2.06. The Morgan fingerprint density at radius 1 is 1.50 bits per heavy atom. The van der Waals surface area contributed by atoms with E-state index >= 15 is 0 Å². The van der Waals surface area contributed by atoms with E-state index in [-0.39, 0.29) is 6.47 Å². The molecule has 1 saturated heterocycles. The zero-order valence-corrected chi connectivity index (χ0v) is 12.2. The molecule has 1 aliphatic heterocycles. The average Bonchev–Trinajstić information content (AvgIpc) is 2.83. The third-order valence-corrected chi connectivity index (χ3v) is 3.76. The predicted molar refractivity (Wildman–Crippen MR) is 74.4 cm³/mol. The lowest BCUT2D eigenvalue weighted by Gasteiger charge is -2.38. The molecule has 114 valence electrons. The zero-order chi connectivity index (χ0) is 15.0. The summed E-state index contributed by atoms with van der Waals surface area (Å²) in [6, 6.07) is 0. The summed E-state index contributed by atoms with van der Waals surface area (Å²) in [4.78, 5) is 10.7. The molecule has 2 N–H and O–H groups in total. The van der Waals surface area contributed by atoms with E-state index in [2.05, 4.69) is 26.6 Å². The lowest BCUT2D eigenvalue weighted by molar-refractivity contribution is -0.122. The summed E-state index contributed by atoms with van der Waals surface area (Å²) in [5, 5.41) is 25.0. The molecule has 2 heterocycles. The summed E-state index contributed by atoms with van der Waals surface area (Å²) in [5.74, 6) is 0.952. The SMILES string of the molecule is CCC1(O)CCCN(CCn2cnnc2C)C1.O=CO. The summed E-state index contributed by atoms with van der Waals surface area (Å²) in [7, 11) is 0. The van der Waals surface area contributed by atoms with E-state index in [1.165, 1.54) is 0 Å². The van der Waals surface area contributed by atoms with Crippen LogP contribution >= 0.6 is 0 Å². The monoisotopic (exact) mass is 284 g/mol. The van der Waals surface area contributed by atoms with Gasteiger partial charge in [-0.15, -0.1) is 10.2 Å². The standard InChI is InChI=1S/C12H22N4O.CH2O2/c1-3-12(17)5-4-6-15(9-12)7-8-16-10-13-14-11(16)2;2-1-3/h10,17H,3-9H2,1-2H3;1H,(H,2,3). The minimum absolute atomic E-state index is 0.250. The van der Waals surface area contributed by atoms with Gasteiger partial charge in [0.05, 0.1) is 5.60 Å². The second kappa shape index (κ2) is 7.96. The molecular weight excluding hydrogens is 260 g/mol. The van der Waals surface area contributed by atoms with Gasteiger partial charge in [0.25, 0.3) is 6.47 Å². The van der Waals surface area contributed by atoms with Gasteiger partial charge in [-0.1, -0.05) is 6.92 Å². The Labute approximate surface area is 119 Å². The molecule has 20 heavy (non-hydrogen) atoms. The third-order valence-electron chi connectivity index (χ3n) is 3.76. The zero-order valence-electron chi connectivity index (χ0n) is 12.2. The number of rotatable bonds is 4. The maximum atomic E-state index is 10.3. The van der Waals surface area contributed by atoms with Crippen molar-refractivity contribution in [3.05, 3.63) is 12.2 Å². The molecule has 2 rings (SSSR count). The lowest BCUT2D eigenvalue weighted by Crippen LogP contribution is -2.48. The van der Waals surface area contributed by atoms with E-state index < -0.39 is 5.60 Å². The second-order valence-corrected chi connectivity index (χ2v) is 5.13. The predicted octanol–water partition coefficient (Wildman–Crippen LogP) is 0.524. The molecule has 0 saturated carbocycles. The highest BCUT2D eigenvalue weighted by Crippen LogP contribution is 2.23. The van der Waals surface area contributed by atoms with Gasteiger partial charge in [-0.05, 0) is 32.7 Å². The number of aliphatic hydroxyl groups is 1. The van der Waals surface area contributed by atoms with E-state index in [9.17, 15) is 5.11 Å². The molecule has 1 aromatic heterocycles. The number of aromatic nitrogens is 3. The quantitative estimate of drug-likeness (QED) is 0.783. The first-order chi connectivity index (χ1) is 9.54. The maximum absolute atomic E-state index is 10.3. The highest BCUT2D eigenvalue weighted by molar-refractivity contribution is 5.32. The summed E-state index contributed by atoms with van der Waals surface area (Å²) in [6.07, 6.45) is 4.64. The van der Waals surface area contributed by atoms with Crippen LogP contribution in [0.25, 0.3) is 0 Å². The summed E-state index contributed by atoms with van der Waals surface area (Å²) in [6.45, 7) is 7.52. The van der Waals surface area contributed by atoms with Crippen LogP contribution in [0.15, 0.2) is 6.33 Å². The first kappa shape index (κ1) is 16.6. The van der Waals surface area contributed by atoms with E-state index in [1.54, 1.807) is 6.33 Å². The smallest absolute Gasteiger partial charge is 0.290 e. The van der Waals surface area contributed by atoms with E-state index in [4.69, 9.17) is 9.90 Å². The molecule has 7 nitrogen and oxygen atoms in total. The fourth-order valence-corrected chi connectivity index (χ4v) is 2.47. The highest BCUT2D eigenvalue weighted by atomic mass is 16.3. The highest BCUT2D eigenvalue weighted by Gasteiger charge is 2.30. The molecule has 1 aromatic rings. The van der Waals surface area contributed by atoms with Crippen LogP contribution in [0.2, 0.25) is 0 Å². The van der Waals surface area contributed by atoms with Gasteiger partial charge in [-0.2, -0.15) is 0 Å². The van der Waals surface area contributed by atoms with Gasteiger partial charge in [0.1, 0.15) is 12.2 Å². The minimum atomic E-state index is -0.472. The van der Waals surface area contributed by atoms with Crippen LogP contribution in [-0.4, -0.2) is 61.6 Å². The number of piperidine rings is 1. The van der Waals surface area contributed by atoms with Crippen LogP contribution in [-0.2, 0) is 11.3 Å². The van der Waals surface area contributed by atoms with Crippen molar-refractivity contribution in [3.8, 4) is 0 Å². The fraction of sp³-hybridized carbons (Fsp3) is 0.769. The largest absolute Gasteiger partial charge is 0.483 e. The minimum Gasteiger partial charge on any atom is -0.483 e. The first-order valence-corrected chi connectivity index (χ1v) is 6.91. The Hall–Kier alpha value is -1.47. The average molecular weight is 284 g/mol. The molecule has 0 radical (unpaired) electrons. The molecule has 0 aliphatic carbocycles. The number of hydrogen-bond donors (Lipinski definition) is 2. The van der Waals surface area contributed by atoms with Crippen LogP contribution in [0.3, 0.4) is 0 Å². The number of hydrogen-bond acceptors (Lipinski definition) is 5. The van der Waals surface area contributed by atoms with Gasteiger partial charge in [0.15, 0.2) is 0 Å². The Balaban J connectivity index is 0.000000612. The Morgan fingerprint density at radius 3 is 2.75 bits per heavy atom. The third kappa shape index (κ3) is 4.90. The Bertz CT molecular complexity index is 410. The fourth-order valence-electron chi connectivity index (χ4n) is 2.47. The van der Waals surface area contributed by atoms with E-state index in [0.717, 1.165) is 51.3 Å². The molecule has 1 aliphatic rings. The molecular formula is C13H24N4O3. The molecule has 0 bridgehead atoms. The van der Waals surface area contributed by atoms with Gasteiger partial charge in [-0.3, -0.25) is 9.69 Å². The van der Waals surface area contributed by atoms with Crippen molar-refractivity contribution in [2.75, 3.05) is 19.6 Å². The Morgan fingerprint density at radius 2 is 2.20 bits per heavy atom. The molecule has 0 aromatic carbocycles. The number of carboxylic acid groups (broad SMARTS) is 1. The topological polar surface area (TPSA) is 91.5 Å². The number of aryl methyl sites for hydroxylation is 1. The first-order valence-electron chi connectivity index (χ1n) is 6.91. The molecule has 7 heteroatoms.